The van der Waals surface area contributed by atoms with Gasteiger partial charge >= 0.3 is 0 Å². The van der Waals surface area contributed by atoms with Crippen LogP contribution in [0.2, 0.25) is 0 Å². The zero-order valence-corrected chi connectivity index (χ0v) is 12.7. The monoisotopic (exact) mass is 255 g/mol. The molecule has 1 aliphatic rings. The number of rotatable bonds is 10. The molecule has 0 aliphatic carbocycles. The summed E-state index contributed by atoms with van der Waals surface area (Å²) in [6, 6.07) is 0.793. The van der Waals surface area contributed by atoms with Crippen molar-refractivity contribution in [3.05, 3.63) is 0 Å². The Labute approximate surface area is 114 Å². The lowest BCUT2D eigenvalue weighted by atomic mass is 10.2. The van der Waals surface area contributed by atoms with Crippen LogP contribution in [-0.4, -0.2) is 62.7 Å². The van der Waals surface area contributed by atoms with Crippen molar-refractivity contribution in [1.82, 2.24) is 15.1 Å². The van der Waals surface area contributed by atoms with Gasteiger partial charge in [-0.25, -0.2) is 0 Å². The second kappa shape index (κ2) is 9.76. The third kappa shape index (κ3) is 6.72. The number of unbranched alkanes of at least 4 members (excludes halogenated alkanes) is 3. The molecule has 0 spiro atoms. The molecule has 1 aliphatic heterocycles. The first-order chi connectivity index (χ1) is 8.74. The number of likely N-dealkylation sites (tertiary alicyclic amines) is 1. The predicted octanol–water partition coefficient (Wildman–Crippen LogP) is 2.18. The third-order valence-corrected chi connectivity index (χ3v) is 3.86. The molecular formula is C15H33N3. The van der Waals surface area contributed by atoms with E-state index in [-0.39, 0.29) is 0 Å². The number of hydrogen-bond donors (Lipinski definition) is 1. The van der Waals surface area contributed by atoms with Crippen molar-refractivity contribution < 1.29 is 0 Å². The van der Waals surface area contributed by atoms with Gasteiger partial charge in [-0.2, -0.15) is 0 Å². The molecule has 18 heavy (non-hydrogen) atoms. The lowest BCUT2D eigenvalue weighted by molar-refractivity contribution is 0.208. The van der Waals surface area contributed by atoms with E-state index in [0.717, 1.165) is 12.6 Å². The lowest BCUT2D eigenvalue weighted by Gasteiger charge is -2.27. The summed E-state index contributed by atoms with van der Waals surface area (Å²) in [5.41, 5.74) is 0. The fraction of sp³-hybridized carbons (Fsp3) is 1.00. The molecule has 1 heterocycles. The molecule has 1 fully saturated rings. The van der Waals surface area contributed by atoms with Crippen molar-refractivity contribution in [3.8, 4) is 0 Å². The minimum absolute atomic E-state index is 0.793. The zero-order chi connectivity index (χ0) is 13.2. The minimum atomic E-state index is 0.793. The van der Waals surface area contributed by atoms with Gasteiger partial charge in [0.15, 0.2) is 0 Å². The molecule has 0 aromatic rings. The zero-order valence-electron chi connectivity index (χ0n) is 12.7. The van der Waals surface area contributed by atoms with Crippen molar-refractivity contribution in [1.29, 1.82) is 0 Å². The molecule has 1 atom stereocenters. The summed E-state index contributed by atoms with van der Waals surface area (Å²) in [5, 5.41) is 3.59. The van der Waals surface area contributed by atoms with E-state index < -0.39 is 0 Å². The first kappa shape index (κ1) is 15.9. The van der Waals surface area contributed by atoms with Gasteiger partial charge in [-0.3, -0.25) is 4.90 Å². The fourth-order valence-corrected chi connectivity index (χ4v) is 2.84. The molecule has 0 aromatic heterocycles. The number of hydrogen-bond acceptors (Lipinski definition) is 3. The molecule has 108 valence electrons. The Kier molecular flexibility index (Phi) is 8.64. The van der Waals surface area contributed by atoms with Crippen LogP contribution in [-0.2, 0) is 0 Å². The van der Waals surface area contributed by atoms with Crippen LogP contribution in [0.15, 0.2) is 0 Å². The van der Waals surface area contributed by atoms with Gasteiger partial charge in [0.25, 0.3) is 0 Å². The highest BCUT2D eigenvalue weighted by atomic mass is 15.2. The highest BCUT2D eigenvalue weighted by Gasteiger charge is 2.23. The summed E-state index contributed by atoms with van der Waals surface area (Å²) in [4.78, 5) is 4.99. The average molecular weight is 255 g/mol. The van der Waals surface area contributed by atoms with Gasteiger partial charge in [-0.15, -0.1) is 0 Å². The third-order valence-electron chi connectivity index (χ3n) is 3.86. The van der Waals surface area contributed by atoms with E-state index in [9.17, 15) is 0 Å². The Morgan fingerprint density at radius 2 is 2.00 bits per heavy atom. The van der Waals surface area contributed by atoms with Gasteiger partial charge in [-0.05, 0) is 46.4 Å². The van der Waals surface area contributed by atoms with Crippen LogP contribution in [0, 0.1) is 0 Å². The van der Waals surface area contributed by atoms with Gasteiger partial charge in [0.05, 0.1) is 0 Å². The van der Waals surface area contributed by atoms with E-state index in [1.165, 1.54) is 64.7 Å². The molecule has 1 unspecified atom stereocenters. The van der Waals surface area contributed by atoms with Gasteiger partial charge in [0.1, 0.15) is 0 Å². The van der Waals surface area contributed by atoms with Crippen molar-refractivity contribution in [2.75, 3.05) is 46.8 Å². The first-order valence-corrected chi connectivity index (χ1v) is 7.83. The molecule has 1 N–H and O–H groups in total. The van der Waals surface area contributed by atoms with Crippen LogP contribution in [0.5, 0.6) is 0 Å². The van der Waals surface area contributed by atoms with E-state index in [1.807, 2.05) is 0 Å². The van der Waals surface area contributed by atoms with Gasteiger partial charge in [0.2, 0.25) is 0 Å². The maximum absolute atomic E-state index is 3.59. The van der Waals surface area contributed by atoms with Gasteiger partial charge in [0, 0.05) is 25.7 Å². The van der Waals surface area contributed by atoms with Crippen molar-refractivity contribution >= 4 is 0 Å². The van der Waals surface area contributed by atoms with Crippen LogP contribution in [0.4, 0.5) is 0 Å². The summed E-state index contributed by atoms with van der Waals surface area (Å²) >= 11 is 0. The molecule has 1 saturated heterocycles. The number of nitrogens with zero attached hydrogens (tertiary/aromatic N) is 2. The topological polar surface area (TPSA) is 18.5 Å². The largest absolute Gasteiger partial charge is 0.315 e. The molecule has 0 aromatic carbocycles. The highest BCUT2D eigenvalue weighted by Crippen LogP contribution is 2.16. The van der Waals surface area contributed by atoms with E-state index in [0.29, 0.717) is 0 Å². The fourth-order valence-electron chi connectivity index (χ4n) is 2.84. The van der Waals surface area contributed by atoms with Crippen molar-refractivity contribution in [2.45, 2.75) is 51.5 Å². The van der Waals surface area contributed by atoms with E-state index in [2.05, 4.69) is 36.1 Å². The molecule has 3 nitrogen and oxygen atoms in total. The summed E-state index contributed by atoms with van der Waals surface area (Å²) in [6.07, 6.45) is 8.22. The second-order valence-electron chi connectivity index (χ2n) is 5.90. The molecule has 0 bridgehead atoms. The normalized spacial score (nSPS) is 21.0. The van der Waals surface area contributed by atoms with Gasteiger partial charge < -0.3 is 10.2 Å². The standard InChI is InChI=1S/C15H33N3/c1-4-5-6-7-10-16-11-13-18-12-8-9-15(18)14-17(2)3/h15-16H,4-14H2,1-3H3. The molecule has 3 heteroatoms. The minimum Gasteiger partial charge on any atom is -0.315 e. The van der Waals surface area contributed by atoms with E-state index in [1.54, 1.807) is 0 Å². The van der Waals surface area contributed by atoms with E-state index in [4.69, 9.17) is 0 Å². The van der Waals surface area contributed by atoms with Crippen molar-refractivity contribution in [2.24, 2.45) is 0 Å². The van der Waals surface area contributed by atoms with E-state index >= 15 is 0 Å². The average Bonchev–Trinajstić information content (AvgIpc) is 2.75. The molecule has 0 amide bonds. The first-order valence-electron chi connectivity index (χ1n) is 7.83. The number of nitrogens with one attached hydrogen (secondary N) is 1. The summed E-state index contributed by atoms with van der Waals surface area (Å²) in [6.45, 7) is 8.38. The maximum Gasteiger partial charge on any atom is 0.0223 e. The smallest absolute Gasteiger partial charge is 0.0223 e. The Bertz CT molecular complexity index is 194. The molecule has 1 rings (SSSR count). The number of likely N-dealkylation sites (N-methyl/N-ethyl adjacent to an activating group) is 1. The SMILES string of the molecule is CCCCCCNCCN1CCCC1CN(C)C. The van der Waals surface area contributed by atoms with Gasteiger partial charge in [-0.1, -0.05) is 26.2 Å². The molecular weight excluding hydrogens is 222 g/mol. The lowest BCUT2D eigenvalue weighted by Crippen LogP contribution is -2.41. The van der Waals surface area contributed by atoms with Crippen LogP contribution in [0.1, 0.15) is 45.4 Å². The summed E-state index contributed by atoms with van der Waals surface area (Å²) in [7, 11) is 4.37. The van der Waals surface area contributed by atoms with Crippen LogP contribution in [0.3, 0.4) is 0 Å². The maximum atomic E-state index is 3.59. The quantitative estimate of drug-likeness (QED) is 0.604. The van der Waals surface area contributed by atoms with Crippen molar-refractivity contribution in [3.63, 3.8) is 0 Å². The molecule has 0 saturated carbocycles. The Morgan fingerprint density at radius 1 is 1.17 bits per heavy atom. The highest BCUT2D eigenvalue weighted by molar-refractivity contribution is 4.81. The second-order valence-corrected chi connectivity index (χ2v) is 5.90. The summed E-state index contributed by atoms with van der Waals surface area (Å²) in [5.74, 6) is 0. The molecule has 0 radical (unpaired) electrons. The van der Waals surface area contributed by atoms with Crippen LogP contribution < -0.4 is 5.32 Å². The Morgan fingerprint density at radius 3 is 2.72 bits per heavy atom. The predicted molar refractivity (Wildman–Crippen MR) is 80.2 cm³/mol. The van der Waals surface area contributed by atoms with Crippen LogP contribution in [0.25, 0.3) is 0 Å². The summed E-state index contributed by atoms with van der Waals surface area (Å²) < 4.78 is 0. The van der Waals surface area contributed by atoms with Crippen LogP contribution >= 0.6 is 0 Å². The Balaban J connectivity index is 2.00. The Hall–Kier alpha value is -0.120.